The second kappa shape index (κ2) is 14.6. The molecule has 11 aromatic carbocycles. The number of rotatable bonds is 7. The molecule has 1 nitrogen and oxygen atoms in total. The Balaban J connectivity index is 1.22. The van der Waals surface area contributed by atoms with Gasteiger partial charge in [0, 0.05) is 17.1 Å². The average Bonchev–Trinajstić information content (AvgIpc) is 3.32. The number of fused-ring (bicyclic) bond motifs is 7. The largest absolute Gasteiger partial charge is 0.310 e. The molecule has 0 aliphatic rings. The first-order chi connectivity index (χ1) is 29.3. The normalized spacial score (nSPS) is 11.4. The highest BCUT2D eigenvalue weighted by Gasteiger charge is 2.23. The highest BCUT2D eigenvalue weighted by atomic mass is 15.1. The third-order valence-corrected chi connectivity index (χ3v) is 11.8. The molecule has 0 radical (unpaired) electrons. The van der Waals surface area contributed by atoms with Crippen LogP contribution < -0.4 is 4.90 Å². The van der Waals surface area contributed by atoms with Crippen molar-refractivity contribution in [2.45, 2.75) is 0 Å². The first kappa shape index (κ1) is 34.5. The molecule has 0 aliphatic heterocycles. The van der Waals surface area contributed by atoms with Crippen LogP contribution in [0.15, 0.2) is 237 Å². The maximum atomic E-state index is 2.45. The molecule has 0 atom stereocenters. The van der Waals surface area contributed by atoms with Gasteiger partial charge in [-0.05, 0) is 136 Å². The molecule has 1 heteroatoms. The van der Waals surface area contributed by atoms with E-state index in [0.29, 0.717) is 0 Å². The number of benzene rings is 11. The smallest absolute Gasteiger partial charge is 0.0468 e. The summed E-state index contributed by atoms with van der Waals surface area (Å²) in [7, 11) is 0. The van der Waals surface area contributed by atoms with Crippen molar-refractivity contribution < 1.29 is 0 Å². The van der Waals surface area contributed by atoms with Crippen LogP contribution in [0.2, 0.25) is 0 Å². The number of anilines is 3. The van der Waals surface area contributed by atoms with Crippen LogP contribution in [0.25, 0.3) is 87.6 Å². The summed E-state index contributed by atoms with van der Waals surface area (Å²) in [5.74, 6) is 0. The molecule has 0 fully saturated rings. The zero-order valence-electron chi connectivity index (χ0n) is 32.5. The van der Waals surface area contributed by atoms with Gasteiger partial charge in [0.25, 0.3) is 0 Å². The van der Waals surface area contributed by atoms with Crippen molar-refractivity contribution in [1.29, 1.82) is 0 Å². The van der Waals surface area contributed by atoms with E-state index in [1.54, 1.807) is 0 Å². The third kappa shape index (κ3) is 6.12. The highest BCUT2D eigenvalue weighted by Crippen LogP contribution is 2.50. The number of para-hydroxylation sites is 2. The molecular weight excluding hydrogens is 711 g/mol. The third-order valence-electron chi connectivity index (χ3n) is 11.8. The summed E-state index contributed by atoms with van der Waals surface area (Å²) >= 11 is 0. The van der Waals surface area contributed by atoms with E-state index in [-0.39, 0.29) is 0 Å². The van der Waals surface area contributed by atoms with Gasteiger partial charge in [0.05, 0.1) is 0 Å². The molecule has 11 aromatic rings. The molecule has 276 valence electrons. The molecule has 0 heterocycles. The first-order valence-electron chi connectivity index (χ1n) is 20.3. The lowest BCUT2D eigenvalue weighted by Crippen LogP contribution is -2.09. The van der Waals surface area contributed by atoms with E-state index < -0.39 is 0 Å². The van der Waals surface area contributed by atoms with Gasteiger partial charge in [-0.25, -0.2) is 0 Å². The quantitative estimate of drug-likeness (QED) is 0.147. The van der Waals surface area contributed by atoms with Crippen LogP contribution in [0.3, 0.4) is 0 Å². The van der Waals surface area contributed by atoms with Crippen molar-refractivity contribution in [1.82, 2.24) is 0 Å². The topological polar surface area (TPSA) is 3.24 Å². The van der Waals surface area contributed by atoms with E-state index in [1.807, 2.05) is 0 Å². The van der Waals surface area contributed by atoms with E-state index in [9.17, 15) is 0 Å². The van der Waals surface area contributed by atoms with Gasteiger partial charge in [-0.15, -0.1) is 0 Å². The molecule has 11 rings (SSSR count). The van der Waals surface area contributed by atoms with Crippen LogP contribution in [0, 0.1) is 0 Å². The van der Waals surface area contributed by atoms with E-state index >= 15 is 0 Å². The number of hydrogen-bond donors (Lipinski definition) is 0. The fourth-order valence-electron chi connectivity index (χ4n) is 9.07. The van der Waals surface area contributed by atoms with Gasteiger partial charge in [-0.2, -0.15) is 0 Å². The molecular formula is C58H39N. The lowest BCUT2D eigenvalue weighted by atomic mass is 9.81. The summed E-state index contributed by atoms with van der Waals surface area (Å²) in [6.45, 7) is 0. The molecule has 0 saturated heterocycles. The Kier molecular flexibility index (Phi) is 8.56. The maximum Gasteiger partial charge on any atom is 0.0468 e. The minimum atomic E-state index is 1.12. The molecule has 0 amide bonds. The van der Waals surface area contributed by atoms with Crippen molar-refractivity contribution in [3.63, 3.8) is 0 Å². The number of nitrogens with zero attached hydrogens (tertiary/aromatic N) is 1. The van der Waals surface area contributed by atoms with Gasteiger partial charge in [-0.3, -0.25) is 0 Å². The van der Waals surface area contributed by atoms with Gasteiger partial charge < -0.3 is 4.90 Å². The molecule has 0 saturated carbocycles. The SMILES string of the molecule is c1ccc(-c2cc(-c3ccc(-c4ccc5ccccc5c4)cc3)c(-c3ccccc3)c3c4ccc(N(c5ccccc5)c5ccccc5)cc4c4ccccc4c23)cc1. The molecule has 0 unspecified atom stereocenters. The zero-order valence-corrected chi connectivity index (χ0v) is 32.5. The molecule has 0 N–H and O–H groups in total. The van der Waals surface area contributed by atoms with Crippen LogP contribution in [0.4, 0.5) is 17.1 Å². The first-order valence-corrected chi connectivity index (χ1v) is 20.3. The maximum absolute atomic E-state index is 2.45. The summed E-state index contributed by atoms with van der Waals surface area (Å²) in [4.78, 5) is 2.36. The van der Waals surface area contributed by atoms with Crippen LogP contribution in [-0.2, 0) is 0 Å². The molecule has 0 aromatic heterocycles. The van der Waals surface area contributed by atoms with Gasteiger partial charge in [0.2, 0.25) is 0 Å². The van der Waals surface area contributed by atoms with E-state index in [2.05, 4.69) is 241 Å². The highest BCUT2D eigenvalue weighted by molar-refractivity contribution is 6.33. The Hall–Kier alpha value is -7.74. The predicted octanol–water partition coefficient (Wildman–Crippen LogP) is 16.4. The Morgan fingerprint density at radius 2 is 0.746 bits per heavy atom. The summed E-state index contributed by atoms with van der Waals surface area (Å²) in [6, 6.07) is 86.3. The fraction of sp³-hybridized carbons (Fsp3) is 0. The van der Waals surface area contributed by atoms with Gasteiger partial charge >= 0.3 is 0 Å². The molecule has 0 bridgehead atoms. The van der Waals surface area contributed by atoms with Crippen molar-refractivity contribution in [3.05, 3.63) is 237 Å². The van der Waals surface area contributed by atoms with Crippen molar-refractivity contribution >= 4 is 60.2 Å². The van der Waals surface area contributed by atoms with Crippen LogP contribution >= 0.6 is 0 Å². The molecule has 0 aliphatic carbocycles. The van der Waals surface area contributed by atoms with Crippen molar-refractivity contribution in [2.75, 3.05) is 4.90 Å². The molecule has 59 heavy (non-hydrogen) atoms. The summed E-state index contributed by atoms with van der Waals surface area (Å²) < 4.78 is 0. The minimum Gasteiger partial charge on any atom is -0.310 e. The van der Waals surface area contributed by atoms with Gasteiger partial charge in [-0.1, -0.05) is 188 Å². The van der Waals surface area contributed by atoms with Crippen molar-refractivity contribution in [2.24, 2.45) is 0 Å². The second-order valence-corrected chi connectivity index (χ2v) is 15.2. The molecule has 0 spiro atoms. The number of hydrogen-bond acceptors (Lipinski definition) is 1. The van der Waals surface area contributed by atoms with Crippen LogP contribution in [0.5, 0.6) is 0 Å². The van der Waals surface area contributed by atoms with Crippen LogP contribution in [-0.4, -0.2) is 0 Å². The van der Waals surface area contributed by atoms with Gasteiger partial charge in [0.1, 0.15) is 0 Å². The monoisotopic (exact) mass is 749 g/mol. The van der Waals surface area contributed by atoms with Gasteiger partial charge in [0.15, 0.2) is 0 Å². The second-order valence-electron chi connectivity index (χ2n) is 15.2. The lowest BCUT2D eigenvalue weighted by Gasteiger charge is -2.27. The fourth-order valence-corrected chi connectivity index (χ4v) is 9.07. The summed E-state index contributed by atoms with van der Waals surface area (Å²) in [5.41, 5.74) is 13.0. The predicted molar refractivity (Wildman–Crippen MR) is 253 cm³/mol. The van der Waals surface area contributed by atoms with Crippen molar-refractivity contribution in [3.8, 4) is 44.5 Å². The summed E-state index contributed by atoms with van der Waals surface area (Å²) in [6.07, 6.45) is 0. The Bertz CT molecular complexity index is 3240. The Morgan fingerprint density at radius 3 is 1.42 bits per heavy atom. The lowest BCUT2D eigenvalue weighted by molar-refractivity contribution is 1.29. The van der Waals surface area contributed by atoms with E-state index in [4.69, 9.17) is 0 Å². The van der Waals surface area contributed by atoms with E-state index in [0.717, 1.165) is 17.1 Å². The summed E-state index contributed by atoms with van der Waals surface area (Å²) in [5, 5.41) is 9.97. The minimum absolute atomic E-state index is 1.12. The van der Waals surface area contributed by atoms with E-state index in [1.165, 1.54) is 87.6 Å². The Labute approximate surface area is 344 Å². The zero-order chi connectivity index (χ0) is 39.1. The Morgan fingerprint density at radius 1 is 0.237 bits per heavy atom. The average molecular weight is 750 g/mol. The van der Waals surface area contributed by atoms with Crippen LogP contribution in [0.1, 0.15) is 0 Å². The standard InChI is InChI=1S/C58H39N/c1-5-18-42(19-6-1)54-39-53(43-32-29-41(30-33-43)46-34-31-40-17-13-14-22-45(40)37-46)56(44-20-7-2-8-21-44)58-52-36-35-49(38-55(52)50-27-15-16-28-51(50)57(54)58)59(47-23-9-3-10-24-47)48-25-11-4-12-26-48/h1-39H.